The van der Waals surface area contributed by atoms with Crippen LogP contribution in [0.4, 0.5) is 27.8 Å². The second-order valence-electron chi connectivity index (χ2n) is 10.2. The van der Waals surface area contributed by atoms with Crippen LogP contribution >= 0.6 is 0 Å². The predicted octanol–water partition coefficient (Wildman–Crippen LogP) is 5.35. The normalized spacial score (nSPS) is 18.6. The number of aromatic nitrogens is 2. The number of amides is 2. The molecule has 5 rings (SSSR count). The zero-order chi connectivity index (χ0) is 29.2. The van der Waals surface area contributed by atoms with Gasteiger partial charge in [0.2, 0.25) is 0 Å². The number of ether oxygens (including phenoxy) is 2. The number of carbonyl (C=O) groups excluding carboxylic acids is 1. The van der Waals surface area contributed by atoms with Gasteiger partial charge in [-0.25, -0.2) is 27.7 Å². The van der Waals surface area contributed by atoms with Gasteiger partial charge in [-0.15, -0.1) is 0 Å². The van der Waals surface area contributed by atoms with E-state index in [-0.39, 0.29) is 33.1 Å². The Morgan fingerprint density at radius 3 is 2.17 bits per heavy atom. The molecule has 214 valence electrons. The van der Waals surface area contributed by atoms with Crippen LogP contribution < -0.4 is 24.8 Å². The maximum Gasteiger partial charge on any atom is 0.421 e. The Balaban J connectivity index is 1.46. The van der Waals surface area contributed by atoms with Gasteiger partial charge < -0.3 is 14.8 Å². The molecule has 1 fully saturated rings. The number of para-hydroxylation sites is 2. The van der Waals surface area contributed by atoms with E-state index in [1.807, 2.05) is 13.1 Å². The molecule has 41 heavy (non-hydrogen) atoms. The quantitative estimate of drug-likeness (QED) is 0.239. The van der Waals surface area contributed by atoms with E-state index in [1.165, 1.54) is 26.4 Å². The van der Waals surface area contributed by atoms with E-state index in [0.717, 1.165) is 19.4 Å². The first-order chi connectivity index (χ1) is 19.6. The van der Waals surface area contributed by atoms with Crippen LogP contribution in [-0.4, -0.2) is 62.8 Å². The molecule has 0 bridgehead atoms. The molecule has 4 aromatic rings. The second-order valence-corrected chi connectivity index (χ2v) is 11.9. The number of likely N-dealkylation sites (tertiary alicyclic amines) is 1. The van der Waals surface area contributed by atoms with Gasteiger partial charge in [-0.1, -0.05) is 18.2 Å². The van der Waals surface area contributed by atoms with Crippen molar-refractivity contribution in [2.24, 2.45) is 0 Å². The molecule has 1 aliphatic rings. The smallest absolute Gasteiger partial charge is 0.421 e. The molecular formula is C29H33N6O5S+. The maximum atomic E-state index is 13.6. The van der Waals surface area contributed by atoms with Gasteiger partial charge in [0.25, 0.3) is 10.0 Å². The molecule has 12 heteroatoms. The average molecular weight is 578 g/mol. The minimum absolute atomic E-state index is 0.00360. The van der Waals surface area contributed by atoms with Crippen LogP contribution in [0.25, 0.3) is 11.0 Å². The molecule has 2 atom stereocenters. The number of rotatable bonds is 8. The molecule has 0 spiro atoms. The molecule has 3 N–H and O–H groups in total. The van der Waals surface area contributed by atoms with Crippen LogP contribution in [0.1, 0.15) is 19.8 Å². The van der Waals surface area contributed by atoms with Crippen LogP contribution in [-0.2, 0) is 10.0 Å². The number of hydrogen-bond acceptors (Lipinski definition) is 8. The number of benzene rings is 3. The highest BCUT2D eigenvalue weighted by molar-refractivity contribution is 7.92. The first-order valence-electron chi connectivity index (χ1n) is 13.2. The lowest BCUT2D eigenvalue weighted by molar-refractivity contribution is -0.838. The lowest BCUT2D eigenvalue weighted by Gasteiger charge is -2.31. The Morgan fingerprint density at radius 1 is 0.902 bits per heavy atom. The Hall–Kier alpha value is -4.42. The number of quaternary nitrogens is 1. The fourth-order valence-corrected chi connectivity index (χ4v) is 5.93. The fraction of sp³-hybridized carbons (Fsp3) is 0.276. The summed E-state index contributed by atoms with van der Waals surface area (Å²) in [6.45, 7) is 2.79. The van der Waals surface area contributed by atoms with Gasteiger partial charge in [0.05, 0.1) is 49.8 Å². The van der Waals surface area contributed by atoms with Gasteiger partial charge in [-0.05, 0) is 37.3 Å². The summed E-state index contributed by atoms with van der Waals surface area (Å²) in [6, 6.07) is 18.5. The number of hydrogen-bond donors (Lipinski definition) is 3. The fourth-order valence-electron chi connectivity index (χ4n) is 4.88. The Kier molecular flexibility index (Phi) is 7.70. The topological polar surface area (TPSA) is 132 Å². The molecule has 1 aromatic heterocycles. The van der Waals surface area contributed by atoms with E-state index in [1.54, 1.807) is 48.5 Å². The van der Waals surface area contributed by atoms with Gasteiger partial charge in [0.15, 0.2) is 11.6 Å². The average Bonchev–Trinajstić information content (AvgIpc) is 3.31. The van der Waals surface area contributed by atoms with Crippen LogP contribution in [0, 0.1) is 0 Å². The third-order valence-electron chi connectivity index (χ3n) is 7.49. The van der Waals surface area contributed by atoms with Crippen molar-refractivity contribution in [2.45, 2.75) is 30.7 Å². The Morgan fingerprint density at radius 2 is 1.56 bits per heavy atom. The molecule has 0 saturated carbocycles. The zero-order valence-electron chi connectivity index (χ0n) is 23.3. The maximum absolute atomic E-state index is 13.6. The van der Waals surface area contributed by atoms with Crippen molar-refractivity contribution in [3.05, 3.63) is 66.7 Å². The summed E-state index contributed by atoms with van der Waals surface area (Å²) in [5.41, 5.74) is 2.04. The first kappa shape index (κ1) is 28.1. The molecular weight excluding hydrogens is 544 g/mol. The number of nitrogens with zero attached hydrogens (tertiary/aromatic N) is 3. The summed E-state index contributed by atoms with van der Waals surface area (Å²) in [7, 11) is 0.858. The van der Waals surface area contributed by atoms with Gasteiger partial charge >= 0.3 is 6.03 Å². The number of fused-ring (bicyclic) bond motifs is 1. The summed E-state index contributed by atoms with van der Waals surface area (Å²) in [5.74, 6) is 1.28. The number of methoxy groups -OCH3 is 2. The first-order valence-corrected chi connectivity index (χ1v) is 14.7. The minimum atomic E-state index is -4.12. The van der Waals surface area contributed by atoms with Crippen molar-refractivity contribution in [2.75, 3.05) is 43.2 Å². The van der Waals surface area contributed by atoms with Crippen molar-refractivity contribution >= 4 is 50.1 Å². The summed E-state index contributed by atoms with van der Waals surface area (Å²) in [6.07, 6.45) is 1.93. The number of anilines is 4. The van der Waals surface area contributed by atoms with E-state index in [4.69, 9.17) is 9.47 Å². The zero-order valence-corrected chi connectivity index (χ0v) is 24.2. The molecule has 1 unspecified atom stereocenters. The van der Waals surface area contributed by atoms with E-state index in [9.17, 15) is 13.2 Å². The molecule has 1 aliphatic heterocycles. The number of urea groups is 1. The van der Waals surface area contributed by atoms with Crippen molar-refractivity contribution in [3.8, 4) is 11.5 Å². The van der Waals surface area contributed by atoms with Crippen LogP contribution in [0.5, 0.6) is 11.5 Å². The van der Waals surface area contributed by atoms with Gasteiger partial charge in [0, 0.05) is 42.4 Å². The molecule has 3 aromatic carbocycles. The molecule has 0 aliphatic carbocycles. The minimum Gasteiger partial charge on any atom is -0.497 e. The summed E-state index contributed by atoms with van der Waals surface area (Å²) in [5, 5.41) is 6.04. The van der Waals surface area contributed by atoms with Crippen molar-refractivity contribution in [1.29, 1.82) is 0 Å². The van der Waals surface area contributed by atoms with Crippen LogP contribution in [0.15, 0.2) is 71.6 Å². The lowest BCUT2D eigenvalue weighted by Crippen LogP contribution is -2.53. The number of carbonyl (C=O) groups is 1. The van der Waals surface area contributed by atoms with Gasteiger partial charge in [-0.3, -0.25) is 10.0 Å². The highest BCUT2D eigenvalue weighted by Gasteiger charge is 2.42. The monoisotopic (exact) mass is 577 g/mol. The van der Waals surface area contributed by atoms with Crippen LogP contribution in [0.2, 0.25) is 0 Å². The standard InChI is InChI=1S/C29H32N6O5S/c1-19-9-8-14-35(19,2)29(36)31-20-10-7-11-24(17-20)41(37,38)34-28-27(32-25-12-5-6-13-26(25)33-28)30-21-15-22(39-3)18-23(16-21)40-4/h5-7,10-13,15-19H,8-9,14H2,1-4H3,(H2-,30,31,32,33,34,36)/p+1/t19-,35?/m1/s1. The van der Waals surface area contributed by atoms with Crippen molar-refractivity contribution < 1.29 is 27.2 Å². The van der Waals surface area contributed by atoms with Crippen molar-refractivity contribution in [3.63, 3.8) is 0 Å². The molecule has 0 radical (unpaired) electrons. The summed E-state index contributed by atoms with van der Waals surface area (Å²) < 4.78 is 40.7. The van der Waals surface area contributed by atoms with Crippen molar-refractivity contribution in [1.82, 2.24) is 9.97 Å². The third-order valence-corrected chi connectivity index (χ3v) is 8.83. The van der Waals surface area contributed by atoms with E-state index < -0.39 is 10.0 Å². The Bertz CT molecular complexity index is 1690. The third kappa shape index (κ3) is 5.88. The molecule has 2 heterocycles. The largest absolute Gasteiger partial charge is 0.497 e. The molecule has 11 nitrogen and oxygen atoms in total. The number of sulfonamides is 1. The lowest BCUT2D eigenvalue weighted by atomic mass is 10.2. The Labute approximate surface area is 239 Å². The van der Waals surface area contributed by atoms with Gasteiger partial charge in [-0.2, -0.15) is 0 Å². The summed E-state index contributed by atoms with van der Waals surface area (Å²) in [4.78, 5) is 22.2. The number of nitrogens with one attached hydrogen (secondary N) is 3. The van der Waals surface area contributed by atoms with E-state index in [0.29, 0.717) is 33.9 Å². The van der Waals surface area contributed by atoms with E-state index in [2.05, 4.69) is 32.2 Å². The summed E-state index contributed by atoms with van der Waals surface area (Å²) >= 11 is 0. The SMILES string of the molecule is COc1cc(Nc2nc3ccccc3nc2NS(=O)(=O)c2cccc(NC(=O)[N+]3(C)CCC[C@H]3C)c2)cc(OC)c1. The highest BCUT2D eigenvalue weighted by atomic mass is 32.2. The van der Waals surface area contributed by atoms with Gasteiger partial charge in [0.1, 0.15) is 11.5 Å². The van der Waals surface area contributed by atoms with Crippen LogP contribution in [0.3, 0.4) is 0 Å². The predicted molar refractivity (Wildman–Crippen MR) is 158 cm³/mol. The molecule has 1 saturated heterocycles. The molecule has 2 amide bonds. The van der Waals surface area contributed by atoms with E-state index >= 15 is 0 Å². The highest BCUT2D eigenvalue weighted by Crippen LogP contribution is 2.32. The second kappa shape index (κ2) is 11.2.